The second-order valence-corrected chi connectivity index (χ2v) is 2.50. The Labute approximate surface area is 77.0 Å². The fourth-order valence-corrected chi connectivity index (χ4v) is 0.994. The summed E-state index contributed by atoms with van der Waals surface area (Å²) in [6, 6.07) is 7.22. The zero-order valence-corrected chi connectivity index (χ0v) is 7.32. The maximum absolute atomic E-state index is 8.32. The monoisotopic (exact) mass is 174 g/mol. The Morgan fingerprint density at radius 1 is 1.46 bits per heavy atom. The number of nitrogens with two attached hydrogens (primary N) is 1. The molecule has 0 aliphatic carbocycles. The molecular formula is C10H10N2O. The summed E-state index contributed by atoms with van der Waals surface area (Å²) < 4.78 is 5.02. The summed E-state index contributed by atoms with van der Waals surface area (Å²) in [5.41, 5.74) is 7.09. The van der Waals surface area contributed by atoms with Crippen molar-refractivity contribution in [3.8, 4) is 11.8 Å². The Balaban J connectivity index is 3.03. The second kappa shape index (κ2) is 4.17. The molecule has 0 radical (unpaired) electrons. The minimum atomic E-state index is 0.622. The molecule has 0 bridgehead atoms. The van der Waals surface area contributed by atoms with E-state index in [2.05, 4.69) is 0 Å². The normalized spacial score (nSPS) is 9.85. The second-order valence-electron chi connectivity index (χ2n) is 2.50. The predicted molar refractivity (Wildman–Crippen MR) is 52.1 cm³/mol. The van der Waals surface area contributed by atoms with Crippen molar-refractivity contribution in [1.82, 2.24) is 0 Å². The summed E-state index contributed by atoms with van der Waals surface area (Å²) in [7, 11) is 1.58. The van der Waals surface area contributed by atoms with E-state index in [0.29, 0.717) is 11.4 Å². The molecule has 0 amide bonds. The molecular weight excluding hydrogens is 164 g/mol. The van der Waals surface area contributed by atoms with Gasteiger partial charge in [0.05, 0.1) is 13.2 Å². The first-order valence-electron chi connectivity index (χ1n) is 3.77. The molecule has 1 rings (SSSR count). The smallest absolute Gasteiger partial charge is 0.121 e. The van der Waals surface area contributed by atoms with Crippen molar-refractivity contribution in [2.45, 2.75) is 0 Å². The number of nitrogen functional groups attached to an aromatic ring is 1. The third-order valence-corrected chi connectivity index (χ3v) is 1.54. The van der Waals surface area contributed by atoms with Gasteiger partial charge in [0.15, 0.2) is 0 Å². The van der Waals surface area contributed by atoms with E-state index < -0.39 is 0 Å². The van der Waals surface area contributed by atoms with Gasteiger partial charge in [0.1, 0.15) is 5.75 Å². The molecule has 0 aliphatic rings. The quantitative estimate of drug-likeness (QED) is 0.549. The first kappa shape index (κ1) is 9.14. The van der Waals surface area contributed by atoms with Crippen LogP contribution in [0.5, 0.6) is 5.75 Å². The van der Waals surface area contributed by atoms with Gasteiger partial charge < -0.3 is 10.5 Å². The van der Waals surface area contributed by atoms with Gasteiger partial charge in [-0.3, -0.25) is 0 Å². The average molecular weight is 174 g/mol. The third-order valence-electron chi connectivity index (χ3n) is 1.54. The van der Waals surface area contributed by atoms with Gasteiger partial charge in [-0.1, -0.05) is 0 Å². The zero-order chi connectivity index (χ0) is 9.68. The molecule has 0 spiro atoms. The van der Waals surface area contributed by atoms with Crippen LogP contribution in [0.3, 0.4) is 0 Å². The lowest BCUT2D eigenvalue weighted by molar-refractivity contribution is 0.415. The summed E-state index contributed by atoms with van der Waals surface area (Å²) in [6.45, 7) is 0. The van der Waals surface area contributed by atoms with Crippen molar-refractivity contribution in [2.24, 2.45) is 0 Å². The van der Waals surface area contributed by atoms with Crippen LogP contribution in [0, 0.1) is 11.3 Å². The van der Waals surface area contributed by atoms with E-state index >= 15 is 0 Å². The first-order valence-corrected chi connectivity index (χ1v) is 3.77. The average Bonchev–Trinajstić information content (AvgIpc) is 2.14. The fourth-order valence-electron chi connectivity index (χ4n) is 0.994. The van der Waals surface area contributed by atoms with Crippen LogP contribution in [0.1, 0.15) is 5.56 Å². The largest absolute Gasteiger partial charge is 0.497 e. The van der Waals surface area contributed by atoms with Crippen LogP contribution >= 0.6 is 0 Å². The minimum absolute atomic E-state index is 0.622. The van der Waals surface area contributed by atoms with Crippen LogP contribution in [-0.2, 0) is 0 Å². The number of nitriles is 1. The van der Waals surface area contributed by atoms with Gasteiger partial charge in [0, 0.05) is 17.8 Å². The first-order chi connectivity index (χ1) is 6.26. The van der Waals surface area contributed by atoms with Gasteiger partial charge in [0.2, 0.25) is 0 Å². The Morgan fingerprint density at radius 2 is 2.23 bits per heavy atom. The molecule has 0 aromatic heterocycles. The Kier molecular flexibility index (Phi) is 2.93. The highest BCUT2D eigenvalue weighted by atomic mass is 16.5. The lowest BCUT2D eigenvalue weighted by Crippen LogP contribution is -1.89. The summed E-state index contributed by atoms with van der Waals surface area (Å²) in [4.78, 5) is 0. The lowest BCUT2D eigenvalue weighted by Gasteiger charge is -2.02. The molecule has 0 saturated carbocycles. The highest BCUT2D eigenvalue weighted by molar-refractivity contribution is 5.60. The number of rotatable bonds is 2. The fraction of sp³-hybridized carbons (Fsp3) is 0.100. The van der Waals surface area contributed by atoms with E-state index in [0.717, 1.165) is 5.56 Å². The highest BCUT2D eigenvalue weighted by Crippen LogP contribution is 2.19. The summed E-state index contributed by atoms with van der Waals surface area (Å²) in [5, 5.41) is 8.32. The Hall–Kier alpha value is -1.95. The van der Waals surface area contributed by atoms with Gasteiger partial charge in [-0.15, -0.1) is 0 Å². The minimum Gasteiger partial charge on any atom is -0.497 e. The molecule has 1 aromatic carbocycles. The van der Waals surface area contributed by atoms with E-state index in [1.54, 1.807) is 25.3 Å². The number of anilines is 1. The molecule has 0 heterocycles. The number of nitrogens with zero attached hydrogens (tertiary/aromatic N) is 1. The molecule has 0 saturated heterocycles. The van der Waals surface area contributed by atoms with Crippen molar-refractivity contribution in [1.29, 1.82) is 5.26 Å². The summed E-state index contributed by atoms with van der Waals surface area (Å²) in [5.74, 6) is 0.692. The molecule has 66 valence electrons. The van der Waals surface area contributed by atoms with Crippen LogP contribution in [-0.4, -0.2) is 7.11 Å². The highest BCUT2D eigenvalue weighted by Gasteiger charge is 1.95. The number of hydrogen-bond acceptors (Lipinski definition) is 3. The Morgan fingerprint density at radius 3 is 2.85 bits per heavy atom. The van der Waals surface area contributed by atoms with E-state index in [4.69, 9.17) is 15.7 Å². The van der Waals surface area contributed by atoms with Gasteiger partial charge >= 0.3 is 0 Å². The number of allylic oxidation sites excluding steroid dienone is 1. The SMILES string of the molecule is COc1cc(N)cc(C=CC#N)c1. The van der Waals surface area contributed by atoms with Crippen molar-refractivity contribution in [3.63, 3.8) is 0 Å². The van der Waals surface area contributed by atoms with Crippen LogP contribution < -0.4 is 10.5 Å². The van der Waals surface area contributed by atoms with E-state index in [-0.39, 0.29) is 0 Å². The van der Waals surface area contributed by atoms with Crippen LogP contribution in [0.25, 0.3) is 6.08 Å². The maximum Gasteiger partial charge on any atom is 0.121 e. The molecule has 3 nitrogen and oxygen atoms in total. The van der Waals surface area contributed by atoms with Crippen molar-refractivity contribution in [3.05, 3.63) is 29.8 Å². The number of ether oxygens (including phenoxy) is 1. The van der Waals surface area contributed by atoms with Crippen LogP contribution in [0.15, 0.2) is 24.3 Å². The molecule has 0 unspecified atom stereocenters. The van der Waals surface area contributed by atoms with Gasteiger partial charge in [-0.25, -0.2) is 0 Å². The molecule has 0 aliphatic heterocycles. The van der Waals surface area contributed by atoms with Crippen molar-refractivity contribution in [2.75, 3.05) is 12.8 Å². The third kappa shape index (κ3) is 2.53. The van der Waals surface area contributed by atoms with E-state index in [1.807, 2.05) is 12.1 Å². The number of methoxy groups -OCH3 is 1. The van der Waals surface area contributed by atoms with Crippen molar-refractivity contribution >= 4 is 11.8 Å². The van der Waals surface area contributed by atoms with Crippen molar-refractivity contribution < 1.29 is 4.74 Å². The molecule has 1 aromatic rings. The number of benzene rings is 1. The topological polar surface area (TPSA) is 59.0 Å². The molecule has 13 heavy (non-hydrogen) atoms. The van der Waals surface area contributed by atoms with E-state index in [9.17, 15) is 0 Å². The molecule has 0 fully saturated rings. The zero-order valence-electron chi connectivity index (χ0n) is 7.32. The standard InChI is InChI=1S/C10H10N2O/c1-13-10-6-8(3-2-4-11)5-9(12)7-10/h2-3,5-7H,12H2,1H3. The van der Waals surface area contributed by atoms with Crippen LogP contribution in [0.2, 0.25) is 0 Å². The van der Waals surface area contributed by atoms with Crippen LogP contribution in [0.4, 0.5) is 5.69 Å². The summed E-state index contributed by atoms with van der Waals surface area (Å²) >= 11 is 0. The lowest BCUT2D eigenvalue weighted by atomic mass is 10.2. The van der Waals surface area contributed by atoms with E-state index in [1.165, 1.54) is 6.08 Å². The maximum atomic E-state index is 8.32. The molecule has 0 atom stereocenters. The molecule has 2 N–H and O–H groups in total. The molecule has 3 heteroatoms. The van der Waals surface area contributed by atoms with Gasteiger partial charge in [0.25, 0.3) is 0 Å². The predicted octanol–water partition coefficient (Wildman–Crippen LogP) is 1.81. The number of hydrogen-bond donors (Lipinski definition) is 1. The Bertz CT molecular complexity index is 364. The summed E-state index contributed by atoms with van der Waals surface area (Å²) in [6.07, 6.45) is 3.08. The van der Waals surface area contributed by atoms with Gasteiger partial charge in [-0.2, -0.15) is 5.26 Å². The van der Waals surface area contributed by atoms with Gasteiger partial charge in [-0.05, 0) is 23.8 Å².